The summed E-state index contributed by atoms with van der Waals surface area (Å²) in [5.41, 5.74) is 1.05. The monoisotopic (exact) mass is 331 g/mol. The topological polar surface area (TPSA) is 51.0 Å². The molecular formula is C9H7Br2N3O. The van der Waals surface area contributed by atoms with Crippen LogP contribution in [0.5, 0.6) is 0 Å². The first-order valence-electron chi connectivity index (χ1n) is 4.18. The predicted octanol–water partition coefficient (Wildman–Crippen LogP) is 3.21. The fourth-order valence-corrected chi connectivity index (χ4v) is 1.82. The molecule has 0 spiro atoms. The van der Waals surface area contributed by atoms with E-state index in [9.17, 15) is 0 Å². The molecule has 15 heavy (non-hydrogen) atoms. The van der Waals surface area contributed by atoms with Gasteiger partial charge < -0.3 is 9.73 Å². The van der Waals surface area contributed by atoms with Gasteiger partial charge in [0.15, 0.2) is 4.67 Å². The minimum Gasteiger partial charge on any atom is -0.457 e. The molecule has 0 fully saturated rings. The van der Waals surface area contributed by atoms with Crippen molar-refractivity contribution in [2.75, 3.05) is 5.32 Å². The zero-order valence-electron chi connectivity index (χ0n) is 7.58. The van der Waals surface area contributed by atoms with Gasteiger partial charge in [-0.2, -0.15) is 0 Å². The highest BCUT2D eigenvalue weighted by molar-refractivity contribution is 9.10. The Morgan fingerprint density at radius 1 is 1.40 bits per heavy atom. The van der Waals surface area contributed by atoms with E-state index in [2.05, 4.69) is 47.1 Å². The first-order valence-corrected chi connectivity index (χ1v) is 5.76. The number of hydrogen-bond donors (Lipinski definition) is 1. The predicted molar refractivity (Wildman–Crippen MR) is 63.5 cm³/mol. The average Bonchev–Trinajstić information content (AvgIpc) is 2.63. The third kappa shape index (κ3) is 2.79. The Morgan fingerprint density at radius 3 is 2.93 bits per heavy atom. The standard InChI is InChI=1S/C9H7Br2N3O/c10-7-3-12-5-14-9(7)13-2-6-1-8(11)15-4-6/h1,3-5H,2H2,(H,12,13,14). The fraction of sp³-hybridized carbons (Fsp3) is 0.111. The Bertz CT molecular complexity index is 458. The normalized spacial score (nSPS) is 10.3. The molecule has 0 aliphatic rings. The maximum Gasteiger partial charge on any atom is 0.169 e. The molecule has 2 heterocycles. The van der Waals surface area contributed by atoms with E-state index in [1.54, 1.807) is 12.5 Å². The smallest absolute Gasteiger partial charge is 0.169 e. The van der Waals surface area contributed by atoms with Crippen molar-refractivity contribution in [3.05, 3.63) is 39.6 Å². The largest absolute Gasteiger partial charge is 0.457 e. The van der Waals surface area contributed by atoms with Gasteiger partial charge in [-0.1, -0.05) is 0 Å². The van der Waals surface area contributed by atoms with E-state index < -0.39 is 0 Å². The number of nitrogens with one attached hydrogen (secondary N) is 1. The Hall–Kier alpha value is -0.880. The van der Waals surface area contributed by atoms with Crippen molar-refractivity contribution in [2.45, 2.75) is 6.54 Å². The van der Waals surface area contributed by atoms with Crippen LogP contribution in [-0.2, 0) is 6.54 Å². The van der Waals surface area contributed by atoms with E-state index in [1.165, 1.54) is 6.33 Å². The van der Waals surface area contributed by atoms with Crippen molar-refractivity contribution in [1.29, 1.82) is 0 Å². The Balaban J connectivity index is 2.02. The summed E-state index contributed by atoms with van der Waals surface area (Å²) in [5.74, 6) is 0.766. The van der Waals surface area contributed by atoms with Gasteiger partial charge in [-0.3, -0.25) is 0 Å². The summed E-state index contributed by atoms with van der Waals surface area (Å²) >= 11 is 6.60. The Kier molecular flexibility index (Phi) is 3.37. The molecule has 0 amide bonds. The van der Waals surface area contributed by atoms with Crippen LogP contribution in [0.2, 0.25) is 0 Å². The van der Waals surface area contributed by atoms with Crippen LogP contribution in [-0.4, -0.2) is 9.97 Å². The molecule has 1 N–H and O–H groups in total. The Labute approximate surface area is 103 Å². The zero-order valence-corrected chi connectivity index (χ0v) is 10.7. The van der Waals surface area contributed by atoms with Crippen LogP contribution in [0.15, 0.2) is 38.4 Å². The van der Waals surface area contributed by atoms with Gasteiger partial charge in [0.05, 0.1) is 10.7 Å². The third-order valence-electron chi connectivity index (χ3n) is 1.75. The second-order valence-electron chi connectivity index (χ2n) is 2.83. The quantitative estimate of drug-likeness (QED) is 0.937. The SMILES string of the molecule is Brc1cc(CNc2ncncc2Br)co1. The van der Waals surface area contributed by atoms with Gasteiger partial charge in [0.25, 0.3) is 0 Å². The van der Waals surface area contributed by atoms with Gasteiger partial charge in [0.1, 0.15) is 12.1 Å². The lowest BCUT2D eigenvalue weighted by Crippen LogP contribution is -2.01. The number of furan rings is 1. The van der Waals surface area contributed by atoms with E-state index in [0.29, 0.717) is 6.54 Å². The van der Waals surface area contributed by atoms with Crippen LogP contribution in [0.25, 0.3) is 0 Å². The maximum atomic E-state index is 5.12. The summed E-state index contributed by atoms with van der Waals surface area (Å²) in [5, 5.41) is 3.16. The molecule has 78 valence electrons. The van der Waals surface area contributed by atoms with Gasteiger partial charge >= 0.3 is 0 Å². The summed E-state index contributed by atoms with van der Waals surface area (Å²) in [6.45, 7) is 0.657. The molecular weight excluding hydrogens is 326 g/mol. The number of anilines is 1. The van der Waals surface area contributed by atoms with Gasteiger partial charge in [-0.25, -0.2) is 9.97 Å². The highest BCUT2D eigenvalue weighted by atomic mass is 79.9. The summed E-state index contributed by atoms with van der Waals surface area (Å²) < 4.78 is 6.68. The van der Waals surface area contributed by atoms with Crippen LogP contribution in [0.3, 0.4) is 0 Å². The molecule has 2 aromatic rings. The minimum atomic E-state index is 0.657. The first kappa shape index (κ1) is 10.6. The van der Waals surface area contributed by atoms with Gasteiger partial charge in [0.2, 0.25) is 0 Å². The lowest BCUT2D eigenvalue weighted by molar-refractivity contribution is 0.539. The van der Waals surface area contributed by atoms with Crippen molar-refractivity contribution in [3.63, 3.8) is 0 Å². The van der Waals surface area contributed by atoms with E-state index in [0.717, 1.165) is 20.5 Å². The average molecular weight is 333 g/mol. The number of halogens is 2. The van der Waals surface area contributed by atoms with E-state index >= 15 is 0 Å². The molecule has 0 radical (unpaired) electrons. The second kappa shape index (κ2) is 4.76. The molecule has 0 saturated heterocycles. The van der Waals surface area contributed by atoms with Crippen molar-refractivity contribution in [1.82, 2.24) is 9.97 Å². The zero-order chi connectivity index (χ0) is 10.7. The molecule has 0 saturated carbocycles. The molecule has 0 aliphatic heterocycles. The number of nitrogens with zero attached hydrogens (tertiary/aromatic N) is 2. The van der Waals surface area contributed by atoms with Crippen LogP contribution < -0.4 is 5.32 Å². The maximum absolute atomic E-state index is 5.12. The number of aromatic nitrogens is 2. The summed E-state index contributed by atoms with van der Waals surface area (Å²) in [6.07, 6.45) is 4.88. The van der Waals surface area contributed by atoms with Crippen LogP contribution in [0.4, 0.5) is 5.82 Å². The molecule has 2 aromatic heterocycles. The molecule has 0 unspecified atom stereocenters. The van der Waals surface area contributed by atoms with E-state index in [1.807, 2.05) is 6.07 Å². The molecule has 0 aliphatic carbocycles. The van der Waals surface area contributed by atoms with Crippen LogP contribution >= 0.6 is 31.9 Å². The fourth-order valence-electron chi connectivity index (χ4n) is 1.07. The van der Waals surface area contributed by atoms with Crippen LogP contribution in [0, 0.1) is 0 Å². The van der Waals surface area contributed by atoms with Gasteiger partial charge in [-0.05, 0) is 37.9 Å². The minimum absolute atomic E-state index is 0.657. The summed E-state index contributed by atoms with van der Waals surface area (Å²) in [7, 11) is 0. The molecule has 0 atom stereocenters. The van der Waals surface area contributed by atoms with Crippen molar-refractivity contribution >= 4 is 37.7 Å². The molecule has 2 rings (SSSR count). The second-order valence-corrected chi connectivity index (χ2v) is 4.47. The number of hydrogen-bond acceptors (Lipinski definition) is 4. The molecule has 6 heteroatoms. The van der Waals surface area contributed by atoms with E-state index in [-0.39, 0.29) is 0 Å². The van der Waals surface area contributed by atoms with Crippen LogP contribution in [0.1, 0.15) is 5.56 Å². The van der Waals surface area contributed by atoms with Gasteiger partial charge in [0, 0.05) is 18.3 Å². The highest BCUT2D eigenvalue weighted by Gasteiger charge is 2.02. The van der Waals surface area contributed by atoms with Crippen molar-refractivity contribution in [2.24, 2.45) is 0 Å². The summed E-state index contributed by atoms with van der Waals surface area (Å²) in [6, 6.07) is 1.90. The lowest BCUT2D eigenvalue weighted by atomic mass is 10.3. The molecule has 0 bridgehead atoms. The van der Waals surface area contributed by atoms with E-state index in [4.69, 9.17) is 4.42 Å². The highest BCUT2D eigenvalue weighted by Crippen LogP contribution is 2.19. The first-order chi connectivity index (χ1) is 7.25. The van der Waals surface area contributed by atoms with Crippen molar-refractivity contribution in [3.8, 4) is 0 Å². The summed E-state index contributed by atoms with van der Waals surface area (Å²) in [4.78, 5) is 7.97. The number of rotatable bonds is 3. The molecule has 4 nitrogen and oxygen atoms in total. The van der Waals surface area contributed by atoms with Crippen molar-refractivity contribution < 1.29 is 4.42 Å². The van der Waals surface area contributed by atoms with Gasteiger partial charge in [-0.15, -0.1) is 0 Å². The molecule has 0 aromatic carbocycles. The third-order valence-corrected chi connectivity index (χ3v) is 2.75. The Morgan fingerprint density at radius 2 is 2.27 bits per heavy atom. The lowest BCUT2D eigenvalue weighted by Gasteiger charge is -2.04.